The zero-order valence-electron chi connectivity index (χ0n) is 10.8. The number of aromatic nitrogens is 2. The Kier molecular flexibility index (Phi) is 3.03. The largest absolute Gasteiger partial charge is 0.340 e. The molecule has 1 amide bonds. The lowest BCUT2D eigenvalue weighted by Gasteiger charge is -2.28. The third-order valence-corrected chi connectivity index (χ3v) is 3.36. The third-order valence-electron chi connectivity index (χ3n) is 3.36. The molecule has 3 rings (SSSR count). The van der Waals surface area contributed by atoms with Crippen molar-refractivity contribution < 1.29 is 9.32 Å². The summed E-state index contributed by atoms with van der Waals surface area (Å²) in [6.07, 6.45) is 1.12. The number of carbonyl (C=O) groups excluding carboxylic acids is 1. The fraction of sp³-hybridized carbons (Fsp3) is 0.357. The number of hydrogen-bond donors (Lipinski definition) is 0. The molecule has 5 nitrogen and oxygen atoms in total. The van der Waals surface area contributed by atoms with Crippen molar-refractivity contribution in [2.45, 2.75) is 26.3 Å². The van der Waals surface area contributed by atoms with E-state index < -0.39 is 0 Å². The van der Waals surface area contributed by atoms with Crippen molar-refractivity contribution in [3.63, 3.8) is 0 Å². The van der Waals surface area contributed by atoms with Crippen LogP contribution in [0.5, 0.6) is 0 Å². The van der Waals surface area contributed by atoms with Crippen LogP contribution < -0.4 is 0 Å². The molecule has 1 aliphatic heterocycles. The minimum absolute atomic E-state index is 0.0512. The molecule has 0 atom stereocenters. The first kappa shape index (κ1) is 11.9. The van der Waals surface area contributed by atoms with Crippen molar-refractivity contribution >= 4 is 5.91 Å². The van der Waals surface area contributed by atoms with E-state index in [9.17, 15) is 4.79 Å². The predicted octanol–water partition coefficient (Wildman–Crippen LogP) is 1.51. The summed E-state index contributed by atoms with van der Waals surface area (Å²) in [7, 11) is 0. The number of rotatable bonds is 2. The van der Waals surface area contributed by atoms with Gasteiger partial charge in [-0.1, -0.05) is 29.4 Å². The lowest BCUT2D eigenvalue weighted by molar-refractivity contribution is -0.131. The number of amides is 1. The van der Waals surface area contributed by atoms with Gasteiger partial charge in [-0.25, -0.2) is 0 Å². The Morgan fingerprint density at radius 1 is 1.37 bits per heavy atom. The summed E-state index contributed by atoms with van der Waals surface area (Å²) in [5, 5.41) is 3.76. The van der Waals surface area contributed by atoms with E-state index in [0.717, 1.165) is 13.0 Å². The summed E-state index contributed by atoms with van der Waals surface area (Å²) in [5.74, 6) is 1.00. The van der Waals surface area contributed by atoms with Crippen molar-refractivity contribution in [1.82, 2.24) is 15.0 Å². The number of carbonyl (C=O) groups is 1. The average Bonchev–Trinajstić information content (AvgIpc) is 2.83. The molecule has 0 saturated carbocycles. The Hall–Kier alpha value is -2.17. The Labute approximate surface area is 111 Å². The molecule has 0 radical (unpaired) electrons. The first-order valence-corrected chi connectivity index (χ1v) is 6.36. The summed E-state index contributed by atoms with van der Waals surface area (Å²) in [4.78, 5) is 18.1. The zero-order chi connectivity index (χ0) is 13.2. The second-order valence-corrected chi connectivity index (χ2v) is 4.74. The van der Waals surface area contributed by atoms with Crippen LogP contribution in [-0.4, -0.2) is 27.5 Å². The number of nitrogens with zero attached hydrogens (tertiary/aromatic N) is 3. The Morgan fingerprint density at radius 3 is 2.89 bits per heavy atom. The van der Waals surface area contributed by atoms with E-state index in [-0.39, 0.29) is 12.3 Å². The molecule has 0 bridgehead atoms. The van der Waals surface area contributed by atoms with Gasteiger partial charge in [-0.15, -0.1) is 0 Å². The van der Waals surface area contributed by atoms with Gasteiger partial charge < -0.3 is 9.42 Å². The molecular formula is C14H15N3O2. The fourth-order valence-electron chi connectivity index (χ4n) is 2.37. The van der Waals surface area contributed by atoms with Crippen molar-refractivity contribution in [2.24, 2.45) is 0 Å². The highest BCUT2D eigenvalue weighted by molar-refractivity contribution is 5.78. The lowest BCUT2D eigenvalue weighted by Crippen LogP contribution is -2.37. The molecule has 0 aliphatic carbocycles. The molecule has 1 aromatic heterocycles. The SMILES string of the molecule is Cc1nc(CC(=O)N2CCc3ccccc3C2)no1. The van der Waals surface area contributed by atoms with Crippen LogP contribution in [0.3, 0.4) is 0 Å². The summed E-state index contributed by atoms with van der Waals surface area (Å²) in [6.45, 7) is 3.15. The van der Waals surface area contributed by atoms with Crippen molar-refractivity contribution in [3.05, 3.63) is 47.1 Å². The van der Waals surface area contributed by atoms with E-state index in [0.29, 0.717) is 18.3 Å². The highest BCUT2D eigenvalue weighted by Crippen LogP contribution is 2.18. The first-order valence-electron chi connectivity index (χ1n) is 6.36. The molecule has 0 saturated heterocycles. The van der Waals surface area contributed by atoms with Crippen LogP contribution in [0.4, 0.5) is 0 Å². The van der Waals surface area contributed by atoms with Crippen LogP contribution in [0.1, 0.15) is 22.8 Å². The van der Waals surface area contributed by atoms with Crippen LogP contribution in [0, 0.1) is 6.92 Å². The van der Waals surface area contributed by atoms with E-state index in [1.165, 1.54) is 11.1 Å². The van der Waals surface area contributed by atoms with E-state index in [2.05, 4.69) is 22.3 Å². The fourth-order valence-corrected chi connectivity index (χ4v) is 2.37. The number of aryl methyl sites for hydroxylation is 1. The second-order valence-electron chi connectivity index (χ2n) is 4.74. The summed E-state index contributed by atoms with van der Waals surface area (Å²) in [5.41, 5.74) is 2.56. The quantitative estimate of drug-likeness (QED) is 0.818. The topological polar surface area (TPSA) is 59.2 Å². The molecule has 98 valence electrons. The average molecular weight is 257 g/mol. The molecule has 0 fully saturated rings. The molecule has 2 aromatic rings. The molecular weight excluding hydrogens is 242 g/mol. The van der Waals surface area contributed by atoms with Crippen molar-refractivity contribution in [2.75, 3.05) is 6.54 Å². The minimum Gasteiger partial charge on any atom is -0.340 e. The second kappa shape index (κ2) is 4.84. The van der Waals surface area contributed by atoms with Gasteiger partial charge in [0.25, 0.3) is 0 Å². The highest BCUT2D eigenvalue weighted by Gasteiger charge is 2.21. The monoisotopic (exact) mass is 257 g/mol. The molecule has 0 spiro atoms. The van der Waals surface area contributed by atoms with Gasteiger partial charge >= 0.3 is 0 Å². The smallest absolute Gasteiger partial charge is 0.230 e. The standard InChI is InChI=1S/C14H15N3O2/c1-10-15-13(16-19-10)8-14(18)17-7-6-11-4-2-3-5-12(11)9-17/h2-5H,6-9H2,1H3. The Morgan fingerprint density at radius 2 is 2.16 bits per heavy atom. The van der Waals surface area contributed by atoms with Crippen LogP contribution in [0.25, 0.3) is 0 Å². The predicted molar refractivity (Wildman–Crippen MR) is 68.3 cm³/mol. The van der Waals surface area contributed by atoms with Gasteiger partial charge in [0.15, 0.2) is 5.82 Å². The van der Waals surface area contributed by atoms with Gasteiger partial charge in [0.1, 0.15) is 0 Å². The van der Waals surface area contributed by atoms with E-state index in [1.807, 2.05) is 17.0 Å². The molecule has 0 unspecified atom stereocenters. The van der Waals surface area contributed by atoms with Gasteiger partial charge in [0.2, 0.25) is 11.8 Å². The highest BCUT2D eigenvalue weighted by atomic mass is 16.5. The number of hydrogen-bond acceptors (Lipinski definition) is 4. The normalized spacial score (nSPS) is 14.3. The molecule has 2 heterocycles. The van der Waals surface area contributed by atoms with Gasteiger partial charge in [-0.3, -0.25) is 4.79 Å². The van der Waals surface area contributed by atoms with Crippen molar-refractivity contribution in [3.8, 4) is 0 Å². The van der Waals surface area contributed by atoms with E-state index in [1.54, 1.807) is 6.92 Å². The van der Waals surface area contributed by atoms with Crippen LogP contribution in [0.15, 0.2) is 28.8 Å². The molecule has 1 aromatic carbocycles. The Balaban J connectivity index is 1.69. The number of benzene rings is 1. The molecule has 1 aliphatic rings. The van der Waals surface area contributed by atoms with Gasteiger partial charge in [-0.2, -0.15) is 4.98 Å². The lowest BCUT2D eigenvalue weighted by atomic mass is 10.00. The zero-order valence-corrected chi connectivity index (χ0v) is 10.8. The maximum absolute atomic E-state index is 12.2. The summed E-state index contributed by atoms with van der Waals surface area (Å²) >= 11 is 0. The number of fused-ring (bicyclic) bond motifs is 1. The first-order chi connectivity index (χ1) is 9.22. The van der Waals surface area contributed by atoms with Gasteiger partial charge in [-0.05, 0) is 17.5 Å². The minimum atomic E-state index is 0.0512. The molecule has 19 heavy (non-hydrogen) atoms. The van der Waals surface area contributed by atoms with E-state index in [4.69, 9.17) is 4.52 Å². The third kappa shape index (κ3) is 2.50. The van der Waals surface area contributed by atoms with Gasteiger partial charge in [0.05, 0.1) is 6.42 Å². The van der Waals surface area contributed by atoms with Crippen LogP contribution >= 0.6 is 0 Å². The molecule has 5 heteroatoms. The Bertz CT molecular complexity index is 606. The van der Waals surface area contributed by atoms with Crippen LogP contribution in [-0.2, 0) is 24.2 Å². The maximum atomic E-state index is 12.2. The summed E-state index contributed by atoms with van der Waals surface area (Å²) in [6, 6.07) is 8.25. The van der Waals surface area contributed by atoms with Crippen molar-refractivity contribution in [1.29, 1.82) is 0 Å². The van der Waals surface area contributed by atoms with Crippen LogP contribution in [0.2, 0.25) is 0 Å². The van der Waals surface area contributed by atoms with Gasteiger partial charge in [0, 0.05) is 20.0 Å². The molecule has 0 N–H and O–H groups in total. The maximum Gasteiger partial charge on any atom is 0.230 e. The summed E-state index contributed by atoms with van der Waals surface area (Å²) < 4.78 is 4.88. The van der Waals surface area contributed by atoms with E-state index >= 15 is 0 Å².